The SMILES string of the molecule is CN=C(NCCCC(=O)N1Cc2ccccc2C1)NC(C)c1cccs1. The topological polar surface area (TPSA) is 56.7 Å². The van der Waals surface area contributed by atoms with E-state index in [9.17, 15) is 4.79 Å². The fraction of sp³-hybridized carbons (Fsp3) is 0.400. The van der Waals surface area contributed by atoms with Crippen LogP contribution in [-0.4, -0.2) is 30.4 Å². The molecule has 1 aliphatic heterocycles. The Kier molecular flexibility index (Phi) is 6.28. The van der Waals surface area contributed by atoms with Crippen LogP contribution in [0.5, 0.6) is 0 Å². The Morgan fingerprint density at radius 3 is 2.58 bits per heavy atom. The summed E-state index contributed by atoms with van der Waals surface area (Å²) in [6, 6.07) is 12.7. The monoisotopic (exact) mass is 370 g/mol. The van der Waals surface area contributed by atoms with E-state index in [1.54, 1.807) is 18.4 Å². The quantitative estimate of drug-likeness (QED) is 0.466. The van der Waals surface area contributed by atoms with Crippen LogP contribution < -0.4 is 10.6 Å². The van der Waals surface area contributed by atoms with Crippen molar-refractivity contribution in [2.75, 3.05) is 13.6 Å². The molecule has 1 atom stereocenters. The molecule has 1 aliphatic rings. The normalized spacial score (nSPS) is 14.8. The van der Waals surface area contributed by atoms with Gasteiger partial charge in [0.2, 0.25) is 5.91 Å². The van der Waals surface area contributed by atoms with E-state index in [1.807, 2.05) is 17.0 Å². The maximum absolute atomic E-state index is 12.4. The standard InChI is InChI=1S/C20H26N4OS/c1-15(18-9-6-12-26-18)23-20(21-2)22-11-5-10-19(25)24-13-16-7-3-4-8-17(16)14-24/h3-4,6-9,12,15H,5,10-11,13-14H2,1-2H3,(H2,21,22,23). The van der Waals surface area contributed by atoms with Crippen molar-refractivity contribution in [1.82, 2.24) is 15.5 Å². The third-order valence-electron chi connectivity index (χ3n) is 4.60. The lowest BCUT2D eigenvalue weighted by Crippen LogP contribution is -2.39. The van der Waals surface area contributed by atoms with E-state index in [0.717, 1.165) is 32.0 Å². The van der Waals surface area contributed by atoms with Crippen molar-refractivity contribution in [3.8, 4) is 0 Å². The van der Waals surface area contributed by atoms with E-state index in [2.05, 4.69) is 52.2 Å². The van der Waals surface area contributed by atoms with Crippen molar-refractivity contribution in [3.63, 3.8) is 0 Å². The summed E-state index contributed by atoms with van der Waals surface area (Å²) in [7, 11) is 1.77. The molecule has 1 amide bonds. The number of carbonyl (C=O) groups is 1. The van der Waals surface area contributed by atoms with Gasteiger partial charge in [0, 0.05) is 38.0 Å². The van der Waals surface area contributed by atoms with Gasteiger partial charge in [0.25, 0.3) is 0 Å². The van der Waals surface area contributed by atoms with Gasteiger partial charge >= 0.3 is 0 Å². The van der Waals surface area contributed by atoms with Gasteiger partial charge in [-0.2, -0.15) is 0 Å². The zero-order chi connectivity index (χ0) is 18.4. The van der Waals surface area contributed by atoms with E-state index in [1.165, 1.54) is 16.0 Å². The summed E-state index contributed by atoms with van der Waals surface area (Å²) >= 11 is 1.73. The second-order valence-corrected chi connectivity index (χ2v) is 7.48. The first-order valence-electron chi connectivity index (χ1n) is 9.02. The molecule has 138 valence electrons. The zero-order valence-electron chi connectivity index (χ0n) is 15.4. The molecule has 3 rings (SSSR count). The van der Waals surface area contributed by atoms with Crippen molar-refractivity contribution >= 4 is 23.2 Å². The van der Waals surface area contributed by atoms with Crippen molar-refractivity contribution in [3.05, 3.63) is 57.8 Å². The molecule has 6 heteroatoms. The minimum absolute atomic E-state index is 0.214. The zero-order valence-corrected chi connectivity index (χ0v) is 16.2. The van der Waals surface area contributed by atoms with E-state index in [-0.39, 0.29) is 11.9 Å². The van der Waals surface area contributed by atoms with E-state index >= 15 is 0 Å². The molecular formula is C20H26N4OS. The second kappa shape index (κ2) is 8.85. The Bertz CT molecular complexity index is 732. The molecule has 5 nitrogen and oxygen atoms in total. The molecule has 26 heavy (non-hydrogen) atoms. The number of rotatable bonds is 6. The number of guanidine groups is 1. The molecule has 0 saturated heterocycles. The Morgan fingerprint density at radius 1 is 1.23 bits per heavy atom. The maximum atomic E-state index is 12.4. The van der Waals surface area contributed by atoms with Crippen LogP contribution in [0.25, 0.3) is 0 Å². The summed E-state index contributed by atoms with van der Waals surface area (Å²) in [5.41, 5.74) is 2.54. The maximum Gasteiger partial charge on any atom is 0.223 e. The van der Waals surface area contributed by atoms with Crippen LogP contribution in [0.2, 0.25) is 0 Å². The first kappa shape index (κ1) is 18.5. The largest absolute Gasteiger partial charge is 0.356 e. The number of benzene rings is 1. The summed E-state index contributed by atoms with van der Waals surface area (Å²) in [6.45, 7) is 4.32. The second-order valence-electron chi connectivity index (χ2n) is 6.50. The van der Waals surface area contributed by atoms with E-state index in [4.69, 9.17) is 0 Å². The third-order valence-corrected chi connectivity index (χ3v) is 5.66. The highest BCUT2D eigenvalue weighted by Gasteiger charge is 2.22. The highest BCUT2D eigenvalue weighted by molar-refractivity contribution is 7.10. The van der Waals surface area contributed by atoms with Gasteiger partial charge in [-0.1, -0.05) is 30.3 Å². The number of aliphatic imine (C=N–C) groups is 1. The summed E-state index contributed by atoms with van der Waals surface area (Å²) in [5.74, 6) is 0.991. The predicted molar refractivity (Wildman–Crippen MR) is 107 cm³/mol. The molecule has 0 fully saturated rings. The number of carbonyl (C=O) groups excluding carboxylic acids is 1. The lowest BCUT2D eigenvalue weighted by Gasteiger charge is -2.18. The molecular weight excluding hydrogens is 344 g/mol. The van der Waals surface area contributed by atoms with Gasteiger partial charge in [-0.3, -0.25) is 9.79 Å². The first-order valence-corrected chi connectivity index (χ1v) is 9.90. The summed E-state index contributed by atoms with van der Waals surface area (Å²) in [4.78, 5) is 19.9. The highest BCUT2D eigenvalue weighted by Crippen LogP contribution is 2.23. The number of fused-ring (bicyclic) bond motifs is 1. The molecule has 0 radical (unpaired) electrons. The average Bonchev–Trinajstić information content (AvgIpc) is 3.33. The fourth-order valence-electron chi connectivity index (χ4n) is 3.12. The van der Waals surface area contributed by atoms with Crippen molar-refractivity contribution in [1.29, 1.82) is 0 Å². The number of hydrogen-bond donors (Lipinski definition) is 2. The van der Waals surface area contributed by atoms with Crippen LogP contribution >= 0.6 is 11.3 Å². The summed E-state index contributed by atoms with van der Waals surface area (Å²) in [6.07, 6.45) is 1.35. The molecule has 0 saturated carbocycles. The van der Waals surface area contributed by atoms with Crippen LogP contribution in [0, 0.1) is 0 Å². The van der Waals surface area contributed by atoms with Gasteiger partial charge in [0.05, 0.1) is 6.04 Å². The highest BCUT2D eigenvalue weighted by atomic mass is 32.1. The van der Waals surface area contributed by atoms with Gasteiger partial charge in [-0.15, -0.1) is 11.3 Å². The van der Waals surface area contributed by atoms with Crippen LogP contribution in [-0.2, 0) is 17.9 Å². The van der Waals surface area contributed by atoms with Crippen LogP contribution in [0.4, 0.5) is 0 Å². The number of thiophene rings is 1. The molecule has 0 bridgehead atoms. The number of nitrogens with one attached hydrogen (secondary N) is 2. The summed E-state index contributed by atoms with van der Waals surface area (Å²) in [5, 5.41) is 8.75. The van der Waals surface area contributed by atoms with Crippen LogP contribution in [0.15, 0.2) is 46.8 Å². The molecule has 1 aromatic carbocycles. The molecule has 1 unspecified atom stereocenters. The Hall–Kier alpha value is -2.34. The van der Waals surface area contributed by atoms with Gasteiger partial charge in [0.1, 0.15) is 0 Å². The predicted octanol–water partition coefficient (Wildman–Crippen LogP) is 3.30. The minimum Gasteiger partial charge on any atom is -0.356 e. The molecule has 2 heterocycles. The minimum atomic E-state index is 0.214. The molecule has 0 spiro atoms. The third kappa shape index (κ3) is 4.64. The van der Waals surface area contributed by atoms with Crippen LogP contribution in [0.1, 0.15) is 41.8 Å². The van der Waals surface area contributed by atoms with E-state index in [0.29, 0.717) is 6.42 Å². The number of amides is 1. The van der Waals surface area contributed by atoms with Crippen LogP contribution in [0.3, 0.4) is 0 Å². The van der Waals surface area contributed by atoms with Gasteiger partial charge in [0.15, 0.2) is 5.96 Å². The Balaban J connectivity index is 1.37. The van der Waals surface area contributed by atoms with Crippen molar-refractivity contribution in [2.45, 2.75) is 38.9 Å². The fourth-order valence-corrected chi connectivity index (χ4v) is 3.86. The average molecular weight is 371 g/mol. The Morgan fingerprint density at radius 2 is 1.96 bits per heavy atom. The smallest absolute Gasteiger partial charge is 0.223 e. The van der Waals surface area contributed by atoms with Gasteiger partial charge < -0.3 is 15.5 Å². The van der Waals surface area contributed by atoms with Gasteiger partial charge in [-0.05, 0) is 35.9 Å². The Labute approximate surface area is 159 Å². The first-order chi connectivity index (χ1) is 12.7. The number of hydrogen-bond acceptors (Lipinski definition) is 3. The lowest BCUT2D eigenvalue weighted by atomic mass is 10.1. The van der Waals surface area contributed by atoms with Crippen molar-refractivity contribution < 1.29 is 4.79 Å². The number of nitrogens with zero attached hydrogens (tertiary/aromatic N) is 2. The molecule has 2 N–H and O–H groups in total. The van der Waals surface area contributed by atoms with Gasteiger partial charge in [-0.25, -0.2) is 0 Å². The molecule has 2 aromatic rings. The van der Waals surface area contributed by atoms with Crippen molar-refractivity contribution in [2.24, 2.45) is 4.99 Å². The lowest BCUT2D eigenvalue weighted by molar-refractivity contribution is -0.131. The summed E-state index contributed by atoms with van der Waals surface area (Å²) < 4.78 is 0. The molecule has 0 aliphatic carbocycles. The molecule has 1 aromatic heterocycles. The van der Waals surface area contributed by atoms with E-state index < -0.39 is 0 Å².